The molecule has 2 amide bonds. The topological polar surface area (TPSA) is 85.1 Å². The Balaban J connectivity index is 2.54. The fourth-order valence-electron chi connectivity index (χ4n) is 4.22. The van der Waals surface area contributed by atoms with Gasteiger partial charge >= 0.3 is 6.18 Å². The van der Waals surface area contributed by atoms with E-state index < -0.39 is 29.7 Å². The third-order valence-electron chi connectivity index (χ3n) is 5.89. The molecule has 10 heteroatoms. The van der Waals surface area contributed by atoms with E-state index in [4.69, 9.17) is 15.2 Å². The van der Waals surface area contributed by atoms with Crippen molar-refractivity contribution in [2.75, 3.05) is 31.7 Å². The highest BCUT2D eigenvalue weighted by molar-refractivity contribution is 6.02. The monoisotopic (exact) mass is 487 g/mol. The van der Waals surface area contributed by atoms with Crippen molar-refractivity contribution in [1.29, 1.82) is 0 Å². The molecule has 1 heterocycles. The number of halogens is 3. The normalized spacial score (nSPS) is 16.3. The summed E-state index contributed by atoms with van der Waals surface area (Å²) in [5, 5.41) is 0. The number of unbranched alkanes of at least 4 members (excludes halogenated alkanes) is 1. The summed E-state index contributed by atoms with van der Waals surface area (Å²) in [4.78, 5) is 29.1. The Labute approximate surface area is 199 Å². The highest BCUT2D eigenvalue weighted by Gasteiger charge is 2.43. The van der Waals surface area contributed by atoms with Crippen LogP contribution in [0.4, 0.5) is 18.9 Å². The molecule has 0 saturated heterocycles. The fourth-order valence-corrected chi connectivity index (χ4v) is 4.22. The number of fused-ring (bicyclic) bond motifs is 1. The van der Waals surface area contributed by atoms with E-state index in [2.05, 4.69) is 0 Å². The molecule has 0 saturated carbocycles. The summed E-state index contributed by atoms with van der Waals surface area (Å²) in [5.41, 5.74) is 3.48. The Morgan fingerprint density at radius 2 is 1.88 bits per heavy atom. The van der Waals surface area contributed by atoms with E-state index in [9.17, 15) is 22.8 Å². The van der Waals surface area contributed by atoms with E-state index in [-0.39, 0.29) is 41.5 Å². The third-order valence-corrected chi connectivity index (χ3v) is 5.89. The van der Waals surface area contributed by atoms with Crippen LogP contribution in [0.5, 0.6) is 5.75 Å². The second-order valence-corrected chi connectivity index (χ2v) is 9.40. The van der Waals surface area contributed by atoms with Crippen molar-refractivity contribution >= 4 is 17.5 Å². The summed E-state index contributed by atoms with van der Waals surface area (Å²) in [6.45, 7) is 9.38. The Hall–Kier alpha value is -2.33. The zero-order valence-electron chi connectivity index (χ0n) is 20.8. The van der Waals surface area contributed by atoms with Gasteiger partial charge in [-0.05, 0) is 65.2 Å². The van der Waals surface area contributed by atoms with Crippen LogP contribution >= 0.6 is 0 Å². The molecular formula is C24H36F3N3O4. The fraction of sp³-hybridized carbons (Fsp3) is 0.667. The van der Waals surface area contributed by atoms with E-state index in [0.717, 1.165) is 6.07 Å². The number of carbonyl (C=O) groups excluding carboxylic acids is 2. The average molecular weight is 488 g/mol. The van der Waals surface area contributed by atoms with Crippen molar-refractivity contribution in [2.24, 2.45) is 5.73 Å². The second-order valence-electron chi connectivity index (χ2n) is 9.40. The summed E-state index contributed by atoms with van der Waals surface area (Å²) >= 11 is 0. The molecule has 1 aromatic carbocycles. The van der Waals surface area contributed by atoms with Gasteiger partial charge in [0.15, 0.2) is 5.60 Å². The molecule has 0 aromatic heterocycles. The molecular weight excluding hydrogens is 451 g/mol. The lowest BCUT2D eigenvalue weighted by Crippen LogP contribution is -2.53. The quantitative estimate of drug-likeness (QED) is 0.508. The molecule has 1 aliphatic heterocycles. The number of ether oxygens (including phenoxy) is 2. The molecule has 1 atom stereocenters. The Bertz CT molecular complexity index is 887. The van der Waals surface area contributed by atoms with E-state index in [1.165, 1.54) is 29.7 Å². The number of amides is 2. The van der Waals surface area contributed by atoms with Crippen LogP contribution in [0.1, 0.15) is 58.6 Å². The van der Waals surface area contributed by atoms with Gasteiger partial charge in [0.1, 0.15) is 5.75 Å². The number of anilines is 1. The van der Waals surface area contributed by atoms with Crippen LogP contribution in [-0.2, 0) is 26.9 Å². The number of hydrogen-bond acceptors (Lipinski definition) is 5. The predicted molar refractivity (Wildman–Crippen MR) is 124 cm³/mol. The van der Waals surface area contributed by atoms with Gasteiger partial charge in [-0.3, -0.25) is 9.59 Å². The maximum Gasteiger partial charge on any atom is 0.416 e. The molecule has 0 bridgehead atoms. The van der Waals surface area contributed by atoms with Gasteiger partial charge in [-0.2, -0.15) is 13.2 Å². The lowest BCUT2D eigenvalue weighted by Gasteiger charge is -2.39. The van der Waals surface area contributed by atoms with Crippen LogP contribution in [-0.4, -0.2) is 61.2 Å². The van der Waals surface area contributed by atoms with Crippen LogP contribution in [0.2, 0.25) is 0 Å². The highest BCUT2D eigenvalue weighted by atomic mass is 19.4. The minimum absolute atomic E-state index is 0.0316. The Morgan fingerprint density at radius 1 is 1.24 bits per heavy atom. The highest BCUT2D eigenvalue weighted by Crippen LogP contribution is 2.44. The number of methoxy groups -OCH3 is 1. The minimum Gasteiger partial charge on any atom is -0.476 e. The van der Waals surface area contributed by atoms with Gasteiger partial charge in [0, 0.05) is 38.9 Å². The molecule has 0 radical (unpaired) electrons. The first kappa shape index (κ1) is 27.9. The van der Waals surface area contributed by atoms with Gasteiger partial charge in [-0.25, -0.2) is 0 Å². The third kappa shape index (κ3) is 6.21. The van der Waals surface area contributed by atoms with Gasteiger partial charge in [0.2, 0.25) is 5.91 Å². The molecule has 0 aliphatic carbocycles. The first-order valence-corrected chi connectivity index (χ1v) is 11.5. The maximum absolute atomic E-state index is 14.0. The molecule has 0 unspecified atom stereocenters. The van der Waals surface area contributed by atoms with Crippen LogP contribution in [0.25, 0.3) is 0 Å². The van der Waals surface area contributed by atoms with Gasteiger partial charge < -0.3 is 25.0 Å². The van der Waals surface area contributed by atoms with Crippen LogP contribution in [0.3, 0.4) is 0 Å². The van der Waals surface area contributed by atoms with E-state index in [0.29, 0.717) is 26.0 Å². The molecule has 1 aliphatic rings. The minimum atomic E-state index is -4.70. The number of nitrogens with two attached hydrogens (primary N) is 1. The summed E-state index contributed by atoms with van der Waals surface area (Å²) in [7, 11) is 1.58. The average Bonchev–Trinajstić information content (AvgIpc) is 2.72. The van der Waals surface area contributed by atoms with Crippen molar-refractivity contribution < 1.29 is 32.2 Å². The second kappa shape index (κ2) is 10.9. The lowest BCUT2D eigenvalue weighted by molar-refractivity contribution is -0.139. The van der Waals surface area contributed by atoms with Crippen molar-refractivity contribution in [3.05, 3.63) is 23.3 Å². The molecule has 0 fully saturated rings. The van der Waals surface area contributed by atoms with Crippen molar-refractivity contribution in [3.8, 4) is 5.75 Å². The first-order valence-electron chi connectivity index (χ1n) is 11.5. The first-order chi connectivity index (χ1) is 15.7. The predicted octanol–water partition coefficient (Wildman–Crippen LogP) is 3.76. The molecule has 1 aromatic rings. The number of benzene rings is 1. The number of rotatable bonds is 10. The van der Waals surface area contributed by atoms with E-state index >= 15 is 0 Å². The summed E-state index contributed by atoms with van der Waals surface area (Å²) < 4.78 is 52.8. The van der Waals surface area contributed by atoms with Crippen molar-refractivity contribution in [1.82, 2.24) is 4.90 Å². The van der Waals surface area contributed by atoms with Gasteiger partial charge in [-0.15, -0.1) is 0 Å². The van der Waals surface area contributed by atoms with E-state index in [1.807, 2.05) is 0 Å². The number of alkyl halides is 3. The van der Waals surface area contributed by atoms with Crippen molar-refractivity contribution in [3.63, 3.8) is 0 Å². The number of hydrogen-bond donors (Lipinski definition) is 1. The lowest BCUT2D eigenvalue weighted by atomic mass is 9.97. The van der Waals surface area contributed by atoms with Gasteiger partial charge in [0.05, 0.1) is 17.7 Å². The van der Waals surface area contributed by atoms with Gasteiger partial charge in [-0.1, -0.05) is 0 Å². The van der Waals surface area contributed by atoms with Crippen LogP contribution in [0, 0.1) is 0 Å². The summed E-state index contributed by atoms with van der Waals surface area (Å²) in [5.74, 6) is -0.848. The largest absolute Gasteiger partial charge is 0.476 e. The zero-order valence-corrected chi connectivity index (χ0v) is 20.8. The van der Waals surface area contributed by atoms with Crippen LogP contribution < -0.4 is 15.4 Å². The summed E-state index contributed by atoms with van der Waals surface area (Å²) in [6, 6.07) is 1.61. The smallest absolute Gasteiger partial charge is 0.416 e. The maximum atomic E-state index is 14.0. The molecule has 7 nitrogen and oxygen atoms in total. The van der Waals surface area contributed by atoms with Crippen LogP contribution in [0.15, 0.2) is 12.1 Å². The van der Waals surface area contributed by atoms with Gasteiger partial charge in [0.25, 0.3) is 5.91 Å². The van der Waals surface area contributed by atoms with Crippen molar-refractivity contribution in [2.45, 2.75) is 77.7 Å². The number of nitrogens with zero attached hydrogens (tertiary/aromatic N) is 2. The SMILES string of the molecule is COCCCCN1C(=O)C(C)(C)Oc2cc(C(F)(F)F)c(CC(=O)N(C(C)C)[C@H](C)CN)cc21. The molecule has 192 valence electrons. The van der Waals surface area contributed by atoms with E-state index in [1.54, 1.807) is 27.9 Å². The Morgan fingerprint density at radius 3 is 2.41 bits per heavy atom. The zero-order chi connectivity index (χ0) is 25.8. The number of carbonyl (C=O) groups is 2. The Kier molecular flexibility index (Phi) is 8.98. The standard InChI is InChI=1S/C24H36F3N3O4/c1-15(2)30(16(3)14-28)21(31)12-17-11-19-20(13-18(17)24(25,26)27)34-23(4,5)22(32)29(19)9-7-8-10-33-6/h11,13,15-16H,7-10,12,14,28H2,1-6H3/t16-/m1/s1. The molecule has 2 rings (SSSR count). The molecule has 2 N–H and O–H groups in total. The molecule has 0 spiro atoms. The molecule has 34 heavy (non-hydrogen) atoms. The summed E-state index contributed by atoms with van der Waals surface area (Å²) in [6.07, 6.45) is -3.90.